The Labute approximate surface area is 112 Å². The molecule has 3 nitrogen and oxygen atoms in total. The number of fused-ring (bicyclic) bond motifs is 1. The van der Waals surface area contributed by atoms with Gasteiger partial charge in [0.15, 0.2) is 5.82 Å². The highest BCUT2D eigenvalue weighted by atomic mass is 35.5. The summed E-state index contributed by atoms with van der Waals surface area (Å²) in [5.74, 6) is 0.0215. The van der Waals surface area contributed by atoms with Crippen LogP contribution in [0.5, 0.6) is 0 Å². The highest BCUT2D eigenvalue weighted by Gasteiger charge is 2.13. The van der Waals surface area contributed by atoms with Gasteiger partial charge in [0.05, 0.1) is 11.7 Å². The molecule has 0 bridgehead atoms. The summed E-state index contributed by atoms with van der Waals surface area (Å²) in [6.07, 6.45) is 2.72. The Morgan fingerprint density at radius 2 is 1.94 bits per heavy atom. The smallest absolute Gasteiger partial charge is 0.224 e. The summed E-state index contributed by atoms with van der Waals surface area (Å²) in [5, 5.41) is 0.871. The quantitative estimate of drug-likeness (QED) is 0.634. The molecule has 0 unspecified atom stereocenters. The first-order valence-corrected chi connectivity index (χ1v) is 5.86. The lowest BCUT2D eigenvalue weighted by Crippen LogP contribution is -1.98. The van der Waals surface area contributed by atoms with E-state index < -0.39 is 0 Å². The third-order valence-corrected chi connectivity index (χ3v) is 3.04. The fourth-order valence-corrected chi connectivity index (χ4v) is 2.13. The first-order valence-electron chi connectivity index (χ1n) is 5.11. The van der Waals surface area contributed by atoms with Gasteiger partial charge in [-0.1, -0.05) is 23.7 Å². The summed E-state index contributed by atoms with van der Waals surface area (Å²) < 4.78 is 15.3. The molecule has 0 N–H and O–H groups in total. The van der Waals surface area contributed by atoms with Gasteiger partial charge in [0.25, 0.3) is 0 Å². The predicted molar refractivity (Wildman–Crippen MR) is 68.8 cm³/mol. The monoisotopic (exact) mass is 281 g/mol. The van der Waals surface area contributed by atoms with Gasteiger partial charge in [0.2, 0.25) is 5.28 Å². The number of hydrogen-bond acceptors (Lipinski definition) is 2. The van der Waals surface area contributed by atoms with Crippen LogP contribution in [0.2, 0.25) is 10.3 Å². The number of para-hydroxylation sites is 1. The number of aromatic nitrogens is 3. The van der Waals surface area contributed by atoms with Crippen molar-refractivity contribution in [1.82, 2.24) is 14.5 Å². The maximum Gasteiger partial charge on any atom is 0.224 e. The zero-order valence-corrected chi connectivity index (χ0v) is 10.5. The van der Waals surface area contributed by atoms with Crippen molar-refractivity contribution in [3.05, 3.63) is 52.8 Å². The minimum atomic E-state index is -0.337. The summed E-state index contributed by atoms with van der Waals surface area (Å²) in [4.78, 5) is 7.79. The molecule has 3 aromatic rings. The molecule has 2 aromatic heterocycles. The van der Waals surface area contributed by atoms with Gasteiger partial charge in [-0.05, 0) is 23.7 Å². The standard InChI is InChI=1S/C12H6Cl2FN3/c13-8-5-16-12(14)17-11(8)18-6-9(15)7-3-1-2-4-10(7)18/h1-6H. The molecule has 2 heterocycles. The van der Waals surface area contributed by atoms with Gasteiger partial charge in [-0.15, -0.1) is 0 Å². The summed E-state index contributed by atoms with van der Waals surface area (Å²) in [6, 6.07) is 7.06. The molecule has 0 aliphatic rings. The fourth-order valence-electron chi connectivity index (χ4n) is 1.82. The highest BCUT2D eigenvalue weighted by Crippen LogP contribution is 2.26. The van der Waals surface area contributed by atoms with Crippen LogP contribution < -0.4 is 0 Å². The molecular formula is C12H6Cl2FN3. The van der Waals surface area contributed by atoms with Crippen molar-refractivity contribution in [3.63, 3.8) is 0 Å². The number of rotatable bonds is 1. The molecule has 0 atom stereocenters. The Morgan fingerprint density at radius 3 is 2.78 bits per heavy atom. The third-order valence-electron chi connectivity index (χ3n) is 2.59. The van der Waals surface area contributed by atoms with E-state index in [4.69, 9.17) is 23.2 Å². The van der Waals surface area contributed by atoms with E-state index in [1.54, 1.807) is 22.8 Å². The number of halogens is 3. The van der Waals surface area contributed by atoms with E-state index in [1.807, 2.05) is 6.07 Å². The van der Waals surface area contributed by atoms with Crippen LogP contribution in [0.3, 0.4) is 0 Å². The van der Waals surface area contributed by atoms with E-state index in [-0.39, 0.29) is 11.1 Å². The third kappa shape index (κ3) is 1.74. The van der Waals surface area contributed by atoms with Gasteiger partial charge >= 0.3 is 0 Å². The van der Waals surface area contributed by atoms with Crippen molar-refractivity contribution in [2.75, 3.05) is 0 Å². The minimum Gasteiger partial charge on any atom is -0.297 e. The average molecular weight is 282 g/mol. The van der Waals surface area contributed by atoms with Crippen molar-refractivity contribution in [2.24, 2.45) is 0 Å². The van der Waals surface area contributed by atoms with E-state index in [1.165, 1.54) is 12.4 Å². The molecule has 0 saturated carbocycles. The fraction of sp³-hybridized carbons (Fsp3) is 0. The average Bonchev–Trinajstić information content (AvgIpc) is 2.71. The number of hydrogen-bond donors (Lipinski definition) is 0. The lowest BCUT2D eigenvalue weighted by Gasteiger charge is -2.05. The lowest BCUT2D eigenvalue weighted by atomic mass is 10.2. The van der Waals surface area contributed by atoms with Gasteiger partial charge < -0.3 is 0 Å². The van der Waals surface area contributed by atoms with Crippen molar-refractivity contribution < 1.29 is 4.39 Å². The van der Waals surface area contributed by atoms with Crippen molar-refractivity contribution >= 4 is 34.1 Å². The lowest BCUT2D eigenvalue weighted by molar-refractivity contribution is 0.636. The van der Waals surface area contributed by atoms with Gasteiger partial charge in [0.1, 0.15) is 10.8 Å². The topological polar surface area (TPSA) is 30.7 Å². The molecule has 1 aromatic carbocycles. The van der Waals surface area contributed by atoms with Gasteiger partial charge in [-0.2, -0.15) is 4.98 Å². The molecule has 0 saturated heterocycles. The van der Waals surface area contributed by atoms with Gasteiger partial charge in [-0.25, -0.2) is 9.37 Å². The molecule has 90 valence electrons. The summed E-state index contributed by atoms with van der Waals surface area (Å²) in [6.45, 7) is 0. The Morgan fingerprint density at radius 1 is 1.17 bits per heavy atom. The largest absolute Gasteiger partial charge is 0.297 e. The van der Waals surface area contributed by atoms with Crippen LogP contribution in [0.25, 0.3) is 16.7 Å². The van der Waals surface area contributed by atoms with Crippen LogP contribution in [0.15, 0.2) is 36.7 Å². The Balaban J connectivity index is 2.35. The molecule has 3 rings (SSSR count). The SMILES string of the molecule is Fc1cn(-c2nc(Cl)ncc2Cl)c2ccccc12. The summed E-state index contributed by atoms with van der Waals surface area (Å²) >= 11 is 11.8. The first-order chi connectivity index (χ1) is 8.66. The van der Waals surface area contributed by atoms with E-state index in [0.717, 1.165) is 0 Å². The molecular weight excluding hydrogens is 276 g/mol. The van der Waals surface area contributed by atoms with Crippen molar-refractivity contribution in [3.8, 4) is 5.82 Å². The Kier molecular flexibility index (Phi) is 2.69. The van der Waals surface area contributed by atoms with E-state index in [0.29, 0.717) is 21.7 Å². The molecule has 6 heteroatoms. The normalized spacial score (nSPS) is 11.1. The second-order valence-corrected chi connectivity index (χ2v) is 4.42. The number of nitrogens with zero attached hydrogens (tertiary/aromatic N) is 3. The second kappa shape index (κ2) is 4.23. The Bertz CT molecular complexity index is 739. The highest BCUT2D eigenvalue weighted by molar-refractivity contribution is 6.33. The molecule has 0 aliphatic heterocycles. The van der Waals surface area contributed by atoms with Crippen molar-refractivity contribution in [1.29, 1.82) is 0 Å². The molecule has 0 amide bonds. The second-order valence-electron chi connectivity index (χ2n) is 3.67. The maximum absolute atomic E-state index is 13.8. The van der Waals surface area contributed by atoms with E-state index in [9.17, 15) is 4.39 Å². The van der Waals surface area contributed by atoms with E-state index >= 15 is 0 Å². The van der Waals surface area contributed by atoms with Crippen LogP contribution in [-0.2, 0) is 0 Å². The number of benzene rings is 1. The Hall–Kier alpha value is -1.65. The molecule has 18 heavy (non-hydrogen) atoms. The first kappa shape index (κ1) is 11.4. The summed E-state index contributed by atoms with van der Waals surface area (Å²) in [5.41, 5.74) is 0.673. The maximum atomic E-state index is 13.8. The van der Waals surface area contributed by atoms with E-state index in [2.05, 4.69) is 9.97 Å². The van der Waals surface area contributed by atoms with Gasteiger partial charge in [-0.3, -0.25) is 4.57 Å². The van der Waals surface area contributed by atoms with Crippen LogP contribution in [0.1, 0.15) is 0 Å². The predicted octanol–water partition coefficient (Wildman–Crippen LogP) is 3.87. The molecule has 0 spiro atoms. The zero-order chi connectivity index (χ0) is 12.7. The van der Waals surface area contributed by atoms with Crippen LogP contribution in [-0.4, -0.2) is 14.5 Å². The summed E-state index contributed by atoms with van der Waals surface area (Å²) in [7, 11) is 0. The van der Waals surface area contributed by atoms with Crippen LogP contribution >= 0.6 is 23.2 Å². The van der Waals surface area contributed by atoms with Crippen LogP contribution in [0, 0.1) is 5.82 Å². The van der Waals surface area contributed by atoms with Crippen LogP contribution in [0.4, 0.5) is 4.39 Å². The molecule has 0 radical (unpaired) electrons. The molecule has 0 aliphatic carbocycles. The minimum absolute atomic E-state index is 0.0626. The molecule has 0 fully saturated rings. The van der Waals surface area contributed by atoms with Gasteiger partial charge in [0, 0.05) is 11.6 Å². The zero-order valence-electron chi connectivity index (χ0n) is 8.94. The van der Waals surface area contributed by atoms with Crippen molar-refractivity contribution in [2.45, 2.75) is 0 Å².